The molecule has 0 amide bonds. The van der Waals surface area contributed by atoms with E-state index in [2.05, 4.69) is 39.0 Å². The second kappa shape index (κ2) is 4.87. The lowest BCUT2D eigenvalue weighted by Gasteiger charge is -2.06. The van der Waals surface area contributed by atoms with Crippen LogP contribution < -0.4 is 0 Å². The molecule has 0 fully saturated rings. The Morgan fingerprint density at radius 1 is 1.36 bits per heavy atom. The molecule has 0 aliphatic rings. The Morgan fingerprint density at radius 3 is 2.50 bits per heavy atom. The van der Waals surface area contributed by atoms with Gasteiger partial charge in [0.25, 0.3) is 0 Å². The molecular formula is C11H20N2S. The van der Waals surface area contributed by atoms with E-state index in [0.717, 1.165) is 11.7 Å². The minimum Gasteiger partial charge on any atom is -0.274 e. The smallest absolute Gasteiger partial charge is 0.122 e. The summed E-state index contributed by atoms with van der Waals surface area (Å²) in [5.74, 6) is 2.44. The molecule has 0 saturated heterocycles. The van der Waals surface area contributed by atoms with Crippen LogP contribution in [-0.2, 0) is 7.05 Å². The zero-order valence-corrected chi connectivity index (χ0v) is 10.6. The first-order valence-corrected chi connectivity index (χ1v) is 6.15. The third-order valence-electron chi connectivity index (χ3n) is 2.00. The highest BCUT2D eigenvalue weighted by molar-refractivity contribution is 7.99. The molecule has 0 radical (unpaired) electrons. The van der Waals surface area contributed by atoms with Gasteiger partial charge in [0.15, 0.2) is 0 Å². The number of hydrogen-bond acceptors (Lipinski definition) is 2. The summed E-state index contributed by atoms with van der Waals surface area (Å²) in [6.45, 7) is 8.92. The average molecular weight is 212 g/mol. The first-order valence-electron chi connectivity index (χ1n) is 5.17. The maximum absolute atomic E-state index is 4.48. The monoisotopic (exact) mass is 212 g/mol. The SMILES string of the molecule is CC(C)CSc1nn(C)cc1C(C)C. The van der Waals surface area contributed by atoms with Gasteiger partial charge in [0.1, 0.15) is 5.03 Å². The van der Waals surface area contributed by atoms with Crippen molar-refractivity contribution in [3.8, 4) is 0 Å². The van der Waals surface area contributed by atoms with Crippen LogP contribution in [0.15, 0.2) is 11.2 Å². The Hall–Kier alpha value is -0.440. The Labute approximate surface area is 91.1 Å². The van der Waals surface area contributed by atoms with E-state index in [0.29, 0.717) is 5.92 Å². The molecule has 0 N–H and O–H groups in total. The fraction of sp³-hybridized carbons (Fsp3) is 0.727. The minimum atomic E-state index is 0.568. The van der Waals surface area contributed by atoms with Crippen LogP contribution in [0.4, 0.5) is 0 Å². The third kappa shape index (κ3) is 3.05. The van der Waals surface area contributed by atoms with Gasteiger partial charge in [-0.3, -0.25) is 4.68 Å². The van der Waals surface area contributed by atoms with Crippen molar-refractivity contribution in [2.45, 2.75) is 38.6 Å². The number of hydrogen-bond donors (Lipinski definition) is 0. The summed E-state index contributed by atoms with van der Waals surface area (Å²) in [6.07, 6.45) is 2.13. The number of rotatable bonds is 4. The molecule has 3 heteroatoms. The average Bonchev–Trinajstić information content (AvgIpc) is 2.43. The molecule has 0 aromatic carbocycles. The Morgan fingerprint density at radius 2 is 2.00 bits per heavy atom. The van der Waals surface area contributed by atoms with Crippen molar-refractivity contribution in [3.05, 3.63) is 11.8 Å². The van der Waals surface area contributed by atoms with E-state index in [1.54, 1.807) is 0 Å². The molecular weight excluding hydrogens is 192 g/mol. The predicted molar refractivity (Wildman–Crippen MR) is 62.9 cm³/mol. The van der Waals surface area contributed by atoms with Crippen molar-refractivity contribution in [2.75, 3.05) is 5.75 Å². The second-order valence-electron chi connectivity index (χ2n) is 4.42. The zero-order valence-electron chi connectivity index (χ0n) is 9.74. The largest absolute Gasteiger partial charge is 0.274 e. The molecule has 2 nitrogen and oxygen atoms in total. The van der Waals surface area contributed by atoms with Gasteiger partial charge < -0.3 is 0 Å². The normalized spacial score (nSPS) is 11.6. The quantitative estimate of drug-likeness (QED) is 0.713. The van der Waals surface area contributed by atoms with E-state index in [1.165, 1.54) is 10.6 Å². The van der Waals surface area contributed by atoms with Crippen LogP contribution in [0.3, 0.4) is 0 Å². The van der Waals surface area contributed by atoms with Crippen molar-refractivity contribution < 1.29 is 0 Å². The molecule has 0 atom stereocenters. The molecule has 0 spiro atoms. The summed E-state index contributed by atoms with van der Waals surface area (Å²) in [5, 5.41) is 5.69. The van der Waals surface area contributed by atoms with E-state index in [9.17, 15) is 0 Å². The molecule has 0 unspecified atom stereocenters. The number of aryl methyl sites for hydroxylation is 1. The summed E-state index contributed by atoms with van der Waals surface area (Å²) in [7, 11) is 1.99. The van der Waals surface area contributed by atoms with Crippen molar-refractivity contribution >= 4 is 11.8 Å². The van der Waals surface area contributed by atoms with Crippen LogP contribution in [0.5, 0.6) is 0 Å². The molecule has 14 heavy (non-hydrogen) atoms. The molecule has 1 aromatic rings. The van der Waals surface area contributed by atoms with Gasteiger partial charge >= 0.3 is 0 Å². The fourth-order valence-electron chi connectivity index (χ4n) is 1.24. The number of thioether (sulfide) groups is 1. The zero-order chi connectivity index (χ0) is 10.7. The van der Waals surface area contributed by atoms with Gasteiger partial charge in [-0.2, -0.15) is 5.10 Å². The molecule has 1 heterocycles. The molecule has 1 rings (SSSR count). The van der Waals surface area contributed by atoms with Crippen molar-refractivity contribution in [2.24, 2.45) is 13.0 Å². The van der Waals surface area contributed by atoms with Crippen molar-refractivity contribution in [3.63, 3.8) is 0 Å². The number of nitrogens with zero attached hydrogens (tertiary/aromatic N) is 2. The first-order chi connectivity index (χ1) is 6.50. The van der Waals surface area contributed by atoms with Crippen LogP contribution in [0.2, 0.25) is 0 Å². The topological polar surface area (TPSA) is 17.8 Å². The Kier molecular flexibility index (Phi) is 4.05. The van der Waals surface area contributed by atoms with E-state index < -0.39 is 0 Å². The van der Waals surface area contributed by atoms with Crippen molar-refractivity contribution in [1.29, 1.82) is 0 Å². The van der Waals surface area contributed by atoms with E-state index >= 15 is 0 Å². The third-order valence-corrected chi connectivity index (χ3v) is 3.42. The van der Waals surface area contributed by atoms with Gasteiger partial charge in [0.2, 0.25) is 0 Å². The lowest BCUT2D eigenvalue weighted by atomic mass is 10.1. The molecule has 1 aromatic heterocycles. The summed E-state index contributed by atoms with van der Waals surface area (Å²) in [4.78, 5) is 0. The maximum atomic E-state index is 4.48. The first kappa shape index (κ1) is 11.6. The summed E-state index contributed by atoms with van der Waals surface area (Å²) >= 11 is 1.87. The van der Waals surface area contributed by atoms with Crippen molar-refractivity contribution in [1.82, 2.24) is 9.78 Å². The predicted octanol–water partition coefficient (Wildman–Crippen LogP) is 3.29. The molecule has 0 aliphatic carbocycles. The second-order valence-corrected chi connectivity index (χ2v) is 5.43. The van der Waals surface area contributed by atoms with Gasteiger partial charge in [-0.05, 0) is 11.8 Å². The number of aromatic nitrogens is 2. The molecule has 80 valence electrons. The van der Waals surface area contributed by atoms with Crippen LogP contribution in [0.1, 0.15) is 39.2 Å². The van der Waals surface area contributed by atoms with Gasteiger partial charge in [-0.1, -0.05) is 27.7 Å². The Bertz CT molecular complexity index is 289. The van der Waals surface area contributed by atoms with Crippen LogP contribution in [0.25, 0.3) is 0 Å². The summed E-state index contributed by atoms with van der Waals surface area (Å²) in [5.41, 5.74) is 1.37. The van der Waals surface area contributed by atoms with Gasteiger partial charge in [0.05, 0.1) is 0 Å². The summed E-state index contributed by atoms with van der Waals surface area (Å²) < 4.78 is 1.91. The van der Waals surface area contributed by atoms with Crippen LogP contribution in [0, 0.1) is 5.92 Å². The van der Waals surface area contributed by atoms with E-state index in [4.69, 9.17) is 0 Å². The van der Waals surface area contributed by atoms with Crippen LogP contribution in [-0.4, -0.2) is 15.5 Å². The highest BCUT2D eigenvalue weighted by atomic mass is 32.2. The van der Waals surface area contributed by atoms with Crippen LogP contribution >= 0.6 is 11.8 Å². The molecule has 0 saturated carbocycles. The van der Waals surface area contributed by atoms with Gasteiger partial charge in [0, 0.05) is 24.6 Å². The minimum absolute atomic E-state index is 0.568. The van der Waals surface area contributed by atoms with E-state index in [1.807, 2.05) is 23.5 Å². The lowest BCUT2D eigenvalue weighted by molar-refractivity contribution is 0.729. The molecule has 0 aliphatic heterocycles. The summed E-state index contributed by atoms with van der Waals surface area (Å²) in [6, 6.07) is 0. The maximum Gasteiger partial charge on any atom is 0.122 e. The van der Waals surface area contributed by atoms with Gasteiger partial charge in [-0.25, -0.2) is 0 Å². The highest BCUT2D eigenvalue weighted by Gasteiger charge is 2.11. The van der Waals surface area contributed by atoms with E-state index in [-0.39, 0.29) is 0 Å². The standard InChI is InChI=1S/C11H20N2S/c1-8(2)7-14-11-10(9(3)4)6-13(5)12-11/h6,8-9H,7H2,1-5H3. The molecule has 0 bridgehead atoms. The fourth-order valence-corrected chi connectivity index (χ4v) is 2.37. The van der Waals surface area contributed by atoms with Gasteiger partial charge in [-0.15, -0.1) is 11.8 Å². The lowest BCUT2D eigenvalue weighted by Crippen LogP contribution is -1.93. The Balaban J connectivity index is 2.74. The highest BCUT2D eigenvalue weighted by Crippen LogP contribution is 2.27.